The normalized spacial score (nSPS) is 11.0. The van der Waals surface area contributed by atoms with Crippen molar-refractivity contribution in [3.05, 3.63) is 83.0 Å². The van der Waals surface area contributed by atoms with E-state index >= 15 is 0 Å². The number of hydrogen-bond acceptors (Lipinski definition) is 4. The number of carbonyl (C=O) groups excluding carboxylic acids is 1. The zero-order valence-electron chi connectivity index (χ0n) is 17.0. The van der Waals surface area contributed by atoms with Gasteiger partial charge < -0.3 is 4.90 Å². The molecule has 0 radical (unpaired) electrons. The fourth-order valence-electron chi connectivity index (χ4n) is 3.52. The molecule has 7 heteroatoms. The van der Waals surface area contributed by atoms with E-state index in [1.165, 1.54) is 17.1 Å². The highest BCUT2D eigenvalue weighted by Crippen LogP contribution is 2.17. The topological polar surface area (TPSA) is 73.0 Å². The molecule has 152 valence electrons. The van der Waals surface area contributed by atoms with Crippen LogP contribution in [-0.4, -0.2) is 31.8 Å². The summed E-state index contributed by atoms with van der Waals surface area (Å²) in [4.78, 5) is 31.8. The van der Waals surface area contributed by atoms with Crippen LogP contribution < -0.4 is 10.5 Å². The summed E-state index contributed by atoms with van der Waals surface area (Å²) in [6.45, 7) is 4.77. The molecule has 0 aliphatic rings. The molecule has 0 saturated heterocycles. The van der Waals surface area contributed by atoms with E-state index in [9.17, 15) is 9.59 Å². The molecule has 0 aliphatic carbocycles. The van der Waals surface area contributed by atoms with Gasteiger partial charge in [-0.3, -0.25) is 14.2 Å². The lowest BCUT2D eigenvalue weighted by molar-refractivity contribution is -0.118. The monoisotopic (exact) mass is 401 g/mol. The highest BCUT2D eigenvalue weighted by atomic mass is 16.2. The second-order valence-electron chi connectivity index (χ2n) is 7.10. The largest absolute Gasteiger partial charge is 0.313 e. The fraction of sp³-hybridized carbons (Fsp3) is 0.217. The Kier molecular flexibility index (Phi) is 5.43. The zero-order valence-corrected chi connectivity index (χ0v) is 17.0. The van der Waals surface area contributed by atoms with Gasteiger partial charge in [-0.1, -0.05) is 30.3 Å². The number of para-hydroxylation sites is 1. The summed E-state index contributed by atoms with van der Waals surface area (Å²) in [5.74, 6) is -0.0323. The van der Waals surface area contributed by atoms with Gasteiger partial charge in [0.05, 0.1) is 18.2 Å². The predicted octanol–water partition coefficient (Wildman–Crippen LogP) is 3.33. The minimum Gasteiger partial charge on any atom is -0.313 e. The van der Waals surface area contributed by atoms with E-state index in [2.05, 4.69) is 10.1 Å². The van der Waals surface area contributed by atoms with E-state index in [0.717, 1.165) is 16.9 Å². The van der Waals surface area contributed by atoms with Crippen molar-refractivity contribution in [2.24, 2.45) is 0 Å². The van der Waals surface area contributed by atoms with Gasteiger partial charge in [0, 0.05) is 25.2 Å². The molecule has 1 amide bonds. The molecule has 2 aromatic carbocycles. The van der Waals surface area contributed by atoms with E-state index in [1.807, 2.05) is 68.4 Å². The number of benzene rings is 2. The Morgan fingerprint density at radius 1 is 1.10 bits per heavy atom. The van der Waals surface area contributed by atoms with E-state index in [4.69, 9.17) is 0 Å². The Bertz CT molecular complexity index is 1240. The number of anilines is 1. The van der Waals surface area contributed by atoms with Crippen molar-refractivity contribution < 1.29 is 4.79 Å². The molecule has 30 heavy (non-hydrogen) atoms. The van der Waals surface area contributed by atoms with Crippen molar-refractivity contribution in [1.29, 1.82) is 0 Å². The Balaban J connectivity index is 1.55. The lowest BCUT2D eigenvalue weighted by atomic mass is 10.2. The van der Waals surface area contributed by atoms with E-state index in [-0.39, 0.29) is 24.4 Å². The molecule has 0 spiro atoms. The van der Waals surface area contributed by atoms with Crippen molar-refractivity contribution in [3.8, 4) is 5.69 Å². The van der Waals surface area contributed by atoms with Gasteiger partial charge in [0.15, 0.2) is 5.65 Å². The van der Waals surface area contributed by atoms with Crippen LogP contribution in [-0.2, 0) is 11.3 Å². The second kappa shape index (κ2) is 8.32. The van der Waals surface area contributed by atoms with Gasteiger partial charge >= 0.3 is 0 Å². The maximum absolute atomic E-state index is 12.9. The van der Waals surface area contributed by atoms with Crippen LogP contribution in [0.1, 0.15) is 18.9 Å². The molecule has 4 rings (SSSR count). The maximum atomic E-state index is 12.9. The van der Waals surface area contributed by atoms with Crippen LogP contribution in [0.4, 0.5) is 5.69 Å². The quantitative estimate of drug-likeness (QED) is 0.497. The van der Waals surface area contributed by atoms with Gasteiger partial charge in [-0.15, -0.1) is 0 Å². The van der Waals surface area contributed by atoms with Crippen molar-refractivity contribution >= 4 is 22.6 Å². The summed E-state index contributed by atoms with van der Waals surface area (Å²) < 4.78 is 3.12. The molecule has 4 aromatic rings. The van der Waals surface area contributed by atoms with Crippen molar-refractivity contribution in [3.63, 3.8) is 0 Å². The molecular formula is C23H23N5O2. The summed E-state index contributed by atoms with van der Waals surface area (Å²) in [5, 5.41) is 4.75. The highest BCUT2D eigenvalue weighted by Gasteiger charge is 2.16. The van der Waals surface area contributed by atoms with Crippen LogP contribution in [0.15, 0.2) is 71.9 Å². The first-order chi connectivity index (χ1) is 14.6. The first kappa shape index (κ1) is 19.6. The van der Waals surface area contributed by atoms with Gasteiger partial charge in [0.25, 0.3) is 5.56 Å². The van der Waals surface area contributed by atoms with Crippen LogP contribution in [0.2, 0.25) is 0 Å². The molecule has 2 aromatic heterocycles. The van der Waals surface area contributed by atoms with Crippen LogP contribution in [0.3, 0.4) is 0 Å². The van der Waals surface area contributed by atoms with Crippen LogP contribution in [0.25, 0.3) is 16.7 Å². The molecular weight excluding hydrogens is 378 g/mol. The number of rotatable bonds is 6. The Hall–Kier alpha value is -3.74. The van der Waals surface area contributed by atoms with Gasteiger partial charge in [-0.05, 0) is 43.7 Å². The lowest BCUT2D eigenvalue weighted by Gasteiger charge is -2.21. The number of hydrogen-bond donors (Lipinski definition) is 0. The lowest BCUT2D eigenvalue weighted by Crippen LogP contribution is -2.32. The third-order valence-electron chi connectivity index (χ3n) is 5.05. The predicted molar refractivity (Wildman–Crippen MR) is 117 cm³/mol. The average Bonchev–Trinajstić information content (AvgIpc) is 3.19. The standard InChI is InChI=1S/C23H23N5O2/c1-3-27(19-11-7-8-17(2)14-19)21(29)12-13-26-16-24-22-20(23(26)30)15-25-28(22)18-9-5-4-6-10-18/h4-11,14-16H,3,12-13H2,1-2H3. The maximum Gasteiger partial charge on any atom is 0.264 e. The van der Waals surface area contributed by atoms with Crippen LogP contribution in [0.5, 0.6) is 0 Å². The minimum absolute atomic E-state index is 0.0323. The molecule has 0 unspecified atom stereocenters. The van der Waals surface area contributed by atoms with E-state index < -0.39 is 0 Å². The van der Waals surface area contributed by atoms with Gasteiger partial charge in [-0.25, -0.2) is 9.67 Å². The number of amides is 1. The number of aromatic nitrogens is 4. The van der Waals surface area contributed by atoms with Crippen LogP contribution in [0, 0.1) is 6.92 Å². The molecule has 0 atom stereocenters. The van der Waals surface area contributed by atoms with Crippen molar-refractivity contribution in [2.75, 3.05) is 11.4 Å². The number of nitrogens with zero attached hydrogens (tertiary/aromatic N) is 5. The first-order valence-electron chi connectivity index (χ1n) is 9.94. The number of aryl methyl sites for hydroxylation is 2. The van der Waals surface area contributed by atoms with Gasteiger partial charge in [0.2, 0.25) is 5.91 Å². The van der Waals surface area contributed by atoms with Crippen molar-refractivity contribution in [2.45, 2.75) is 26.8 Å². The second-order valence-corrected chi connectivity index (χ2v) is 7.10. The SMILES string of the molecule is CCN(C(=O)CCn1cnc2c(cnn2-c2ccccc2)c1=O)c1cccc(C)c1. The van der Waals surface area contributed by atoms with E-state index in [0.29, 0.717) is 17.6 Å². The zero-order chi connectivity index (χ0) is 21.1. The fourth-order valence-corrected chi connectivity index (χ4v) is 3.52. The molecule has 0 N–H and O–H groups in total. The highest BCUT2D eigenvalue weighted by molar-refractivity contribution is 5.93. The Labute approximate surface area is 174 Å². The van der Waals surface area contributed by atoms with Gasteiger partial charge in [0.1, 0.15) is 5.39 Å². The number of carbonyl (C=O) groups is 1. The van der Waals surface area contributed by atoms with Gasteiger partial charge in [-0.2, -0.15) is 5.10 Å². The smallest absolute Gasteiger partial charge is 0.264 e. The third kappa shape index (κ3) is 3.74. The Morgan fingerprint density at radius 3 is 2.63 bits per heavy atom. The minimum atomic E-state index is -0.200. The molecule has 7 nitrogen and oxygen atoms in total. The summed E-state index contributed by atoms with van der Waals surface area (Å²) in [6, 6.07) is 17.4. The average molecular weight is 401 g/mol. The molecule has 0 saturated carbocycles. The summed E-state index contributed by atoms with van der Waals surface area (Å²) in [6.07, 6.45) is 3.23. The molecule has 0 fully saturated rings. The van der Waals surface area contributed by atoms with Crippen LogP contribution >= 0.6 is 0 Å². The molecule has 0 aliphatic heterocycles. The summed E-state index contributed by atoms with van der Waals surface area (Å²) in [7, 11) is 0. The first-order valence-corrected chi connectivity index (χ1v) is 9.94. The Morgan fingerprint density at radius 2 is 1.90 bits per heavy atom. The number of fused-ring (bicyclic) bond motifs is 1. The van der Waals surface area contributed by atoms with E-state index in [1.54, 1.807) is 9.58 Å². The van der Waals surface area contributed by atoms with Crippen molar-refractivity contribution in [1.82, 2.24) is 19.3 Å². The summed E-state index contributed by atoms with van der Waals surface area (Å²) in [5.41, 5.74) is 3.11. The summed E-state index contributed by atoms with van der Waals surface area (Å²) >= 11 is 0. The molecule has 0 bridgehead atoms. The third-order valence-corrected chi connectivity index (χ3v) is 5.05. The molecule has 2 heterocycles.